The molecule has 0 saturated carbocycles. The molecule has 2 heterocycles. The van der Waals surface area contributed by atoms with E-state index in [-0.39, 0.29) is 6.04 Å². The van der Waals surface area contributed by atoms with E-state index in [1.54, 1.807) is 11.8 Å². The normalized spacial score (nSPS) is 16.1. The molecule has 1 aliphatic rings. The van der Waals surface area contributed by atoms with Crippen LogP contribution in [0.5, 0.6) is 5.75 Å². The SMILES string of the molecule is COc1ccccc1[C@H]1C=C(c2ccc(Cl)cc2)Nc2nnnn21. The molecule has 1 aliphatic heterocycles. The highest BCUT2D eigenvalue weighted by Crippen LogP contribution is 2.35. The van der Waals surface area contributed by atoms with E-state index in [1.807, 2.05) is 48.5 Å². The van der Waals surface area contributed by atoms with Crippen molar-refractivity contribution in [2.24, 2.45) is 0 Å². The topological polar surface area (TPSA) is 64.9 Å². The van der Waals surface area contributed by atoms with Crippen molar-refractivity contribution in [3.63, 3.8) is 0 Å². The molecule has 3 aromatic rings. The fourth-order valence-corrected chi connectivity index (χ4v) is 2.91. The molecular weight excluding hydrogens is 326 g/mol. The van der Waals surface area contributed by atoms with Crippen LogP contribution >= 0.6 is 11.6 Å². The van der Waals surface area contributed by atoms with Gasteiger partial charge in [-0.25, -0.2) is 0 Å². The van der Waals surface area contributed by atoms with E-state index in [0.29, 0.717) is 11.0 Å². The molecule has 0 bridgehead atoms. The average molecular weight is 340 g/mol. The van der Waals surface area contributed by atoms with E-state index in [1.165, 1.54) is 0 Å². The first kappa shape index (κ1) is 14.7. The smallest absolute Gasteiger partial charge is 0.248 e. The van der Waals surface area contributed by atoms with Crippen molar-refractivity contribution in [2.45, 2.75) is 6.04 Å². The molecule has 7 heteroatoms. The zero-order valence-electron chi connectivity index (χ0n) is 12.8. The molecule has 0 spiro atoms. The molecule has 0 saturated heterocycles. The molecule has 6 nitrogen and oxygen atoms in total. The Bertz CT molecular complexity index is 903. The molecule has 120 valence electrons. The number of rotatable bonds is 3. The van der Waals surface area contributed by atoms with Gasteiger partial charge in [0, 0.05) is 16.3 Å². The minimum absolute atomic E-state index is 0.168. The summed E-state index contributed by atoms with van der Waals surface area (Å²) in [6.45, 7) is 0. The number of nitrogens with zero attached hydrogens (tertiary/aromatic N) is 4. The van der Waals surface area contributed by atoms with Crippen molar-refractivity contribution < 1.29 is 4.74 Å². The second kappa shape index (κ2) is 5.98. The number of nitrogens with one attached hydrogen (secondary N) is 1. The Morgan fingerprint density at radius 3 is 2.71 bits per heavy atom. The number of anilines is 1. The maximum Gasteiger partial charge on any atom is 0.248 e. The zero-order valence-corrected chi connectivity index (χ0v) is 13.6. The molecule has 0 radical (unpaired) electrons. The van der Waals surface area contributed by atoms with Crippen LogP contribution in [-0.2, 0) is 0 Å². The Morgan fingerprint density at radius 2 is 1.92 bits per heavy atom. The Labute approximate surface area is 143 Å². The standard InChI is InChI=1S/C17H14ClN5O/c1-24-16-5-3-2-4-13(16)15-10-14(11-6-8-12(18)9-7-11)19-17-20-21-22-23(15)17/h2-10,15H,1H3,(H,19,20,22)/t15-/m1/s1. The molecule has 0 fully saturated rings. The average Bonchev–Trinajstić information content (AvgIpc) is 3.10. The van der Waals surface area contributed by atoms with E-state index < -0.39 is 0 Å². The summed E-state index contributed by atoms with van der Waals surface area (Å²) >= 11 is 5.99. The second-order valence-electron chi connectivity index (χ2n) is 5.35. The zero-order chi connectivity index (χ0) is 16.5. The van der Waals surface area contributed by atoms with Crippen LogP contribution in [0.3, 0.4) is 0 Å². The van der Waals surface area contributed by atoms with Gasteiger partial charge in [0.1, 0.15) is 11.8 Å². The first-order valence-corrected chi connectivity index (χ1v) is 7.79. The maximum atomic E-state index is 5.99. The number of allylic oxidation sites excluding steroid dienone is 1. The number of fused-ring (bicyclic) bond motifs is 1. The van der Waals surface area contributed by atoms with E-state index >= 15 is 0 Å². The summed E-state index contributed by atoms with van der Waals surface area (Å²) in [5, 5.41) is 15.9. The third-order valence-corrected chi connectivity index (χ3v) is 4.19. The Kier molecular flexibility index (Phi) is 3.66. The predicted molar refractivity (Wildman–Crippen MR) is 92.0 cm³/mol. The number of para-hydroxylation sites is 1. The molecule has 24 heavy (non-hydrogen) atoms. The summed E-state index contributed by atoms with van der Waals surface area (Å²) in [6, 6.07) is 15.3. The highest BCUT2D eigenvalue weighted by molar-refractivity contribution is 6.30. The molecule has 0 unspecified atom stereocenters. The number of hydrogen-bond acceptors (Lipinski definition) is 5. The van der Waals surface area contributed by atoms with Gasteiger partial charge in [0.2, 0.25) is 5.95 Å². The predicted octanol–water partition coefficient (Wildman–Crippen LogP) is 3.39. The monoisotopic (exact) mass is 339 g/mol. The van der Waals surface area contributed by atoms with Crippen LogP contribution in [0.1, 0.15) is 17.2 Å². The van der Waals surface area contributed by atoms with Gasteiger partial charge in [-0.2, -0.15) is 4.68 Å². The van der Waals surface area contributed by atoms with Crippen molar-refractivity contribution in [1.29, 1.82) is 0 Å². The first-order chi connectivity index (χ1) is 11.8. The lowest BCUT2D eigenvalue weighted by molar-refractivity contribution is 0.403. The number of benzene rings is 2. The van der Waals surface area contributed by atoms with Crippen molar-refractivity contribution in [3.8, 4) is 5.75 Å². The summed E-state index contributed by atoms with van der Waals surface area (Å²) in [4.78, 5) is 0. The van der Waals surface area contributed by atoms with Crippen molar-refractivity contribution >= 4 is 23.2 Å². The molecule has 2 aromatic carbocycles. The van der Waals surface area contributed by atoms with Gasteiger partial charge in [0.25, 0.3) is 0 Å². The molecule has 0 aliphatic carbocycles. The fourth-order valence-electron chi connectivity index (χ4n) is 2.78. The number of tetrazole rings is 1. The van der Waals surface area contributed by atoms with Crippen LogP contribution in [0.2, 0.25) is 5.02 Å². The van der Waals surface area contributed by atoms with Crippen LogP contribution in [0.25, 0.3) is 5.70 Å². The summed E-state index contributed by atoms with van der Waals surface area (Å²) in [6.07, 6.45) is 2.07. The van der Waals surface area contributed by atoms with Crippen molar-refractivity contribution in [1.82, 2.24) is 20.2 Å². The van der Waals surface area contributed by atoms with Gasteiger partial charge in [-0.1, -0.05) is 47.0 Å². The maximum absolute atomic E-state index is 5.99. The minimum Gasteiger partial charge on any atom is -0.496 e. The quantitative estimate of drug-likeness (QED) is 0.792. The van der Waals surface area contributed by atoms with E-state index in [2.05, 4.69) is 26.9 Å². The van der Waals surface area contributed by atoms with Crippen molar-refractivity contribution in [3.05, 3.63) is 70.8 Å². The molecule has 4 rings (SSSR count). The number of methoxy groups -OCH3 is 1. The third-order valence-electron chi connectivity index (χ3n) is 3.94. The lowest BCUT2D eigenvalue weighted by Crippen LogP contribution is -2.20. The largest absolute Gasteiger partial charge is 0.496 e. The summed E-state index contributed by atoms with van der Waals surface area (Å²) in [5.41, 5.74) is 2.92. The molecule has 1 N–H and O–H groups in total. The van der Waals surface area contributed by atoms with Gasteiger partial charge in [0.05, 0.1) is 7.11 Å². The lowest BCUT2D eigenvalue weighted by Gasteiger charge is -2.24. The number of ether oxygens (including phenoxy) is 1. The highest BCUT2D eigenvalue weighted by Gasteiger charge is 2.26. The van der Waals surface area contributed by atoms with Gasteiger partial charge in [-0.05, 0) is 40.3 Å². The minimum atomic E-state index is -0.168. The van der Waals surface area contributed by atoms with Gasteiger partial charge >= 0.3 is 0 Å². The van der Waals surface area contributed by atoms with E-state index in [9.17, 15) is 0 Å². The van der Waals surface area contributed by atoms with Crippen LogP contribution < -0.4 is 10.1 Å². The summed E-state index contributed by atoms with van der Waals surface area (Å²) in [7, 11) is 1.66. The number of hydrogen-bond donors (Lipinski definition) is 1. The summed E-state index contributed by atoms with van der Waals surface area (Å²) in [5.74, 6) is 1.37. The number of aromatic nitrogens is 4. The van der Waals surface area contributed by atoms with Gasteiger partial charge in [0.15, 0.2) is 0 Å². The Hall–Kier alpha value is -2.86. The number of halogens is 1. The fraction of sp³-hybridized carbons (Fsp3) is 0.118. The van der Waals surface area contributed by atoms with Gasteiger partial charge < -0.3 is 10.1 Å². The summed E-state index contributed by atoms with van der Waals surface area (Å²) < 4.78 is 7.23. The van der Waals surface area contributed by atoms with Gasteiger partial charge in [-0.15, -0.1) is 0 Å². The van der Waals surface area contributed by atoms with Crippen LogP contribution in [0.15, 0.2) is 54.6 Å². The molecule has 1 atom stereocenters. The first-order valence-electron chi connectivity index (χ1n) is 7.42. The molecule has 0 amide bonds. The second-order valence-corrected chi connectivity index (χ2v) is 5.78. The lowest BCUT2D eigenvalue weighted by atomic mass is 10.0. The molecular formula is C17H14ClN5O. The third kappa shape index (κ3) is 2.51. The Balaban J connectivity index is 1.83. The van der Waals surface area contributed by atoms with Crippen molar-refractivity contribution in [2.75, 3.05) is 12.4 Å². The van der Waals surface area contributed by atoms with Crippen LogP contribution in [0.4, 0.5) is 5.95 Å². The van der Waals surface area contributed by atoms with E-state index in [0.717, 1.165) is 22.6 Å². The Morgan fingerprint density at radius 1 is 1.12 bits per heavy atom. The van der Waals surface area contributed by atoms with E-state index in [4.69, 9.17) is 16.3 Å². The van der Waals surface area contributed by atoms with Crippen LogP contribution in [0, 0.1) is 0 Å². The highest BCUT2D eigenvalue weighted by atomic mass is 35.5. The van der Waals surface area contributed by atoms with Crippen LogP contribution in [-0.4, -0.2) is 27.3 Å². The van der Waals surface area contributed by atoms with Gasteiger partial charge in [-0.3, -0.25) is 0 Å². The molecule has 1 aromatic heterocycles.